The smallest absolute Gasteiger partial charge is 0.230 e. The maximum absolute atomic E-state index is 11.9. The van der Waals surface area contributed by atoms with Crippen molar-refractivity contribution in [1.82, 2.24) is 5.32 Å². The van der Waals surface area contributed by atoms with E-state index in [0.717, 1.165) is 11.3 Å². The highest BCUT2D eigenvalue weighted by Gasteiger charge is 2.22. The Labute approximate surface area is 143 Å². The van der Waals surface area contributed by atoms with Gasteiger partial charge in [-0.25, -0.2) is 0 Å². The summed E-state index contributed by atoms with van der Waals surface area (Å²) < 4.78 is 5.13. The van der Waals surface area contributed by atoms with Gasteiger partial charge in [0, 0.05) is 18.2 Å². The van der Waals surface area contributed by atoms with E-state index in [0.29, 0.717) is 17.4 Å². The topological polar surface area (TPSA) is 58.6 Å². The number of rotatable bonds is 8. The molecular formula is C18H27NO3S. The van der Waals surface area contributed by atoms with Crippen molar-refractivity contribution in [3.05, 3.63) is 29.8 Å². The fourth-order valence-electron chi connectivity index (χ4n) is 2.83. The van der Waals surface area contributed by atoms with Crippen LogP contribution in [0.25, 0.3) is 0 Å². The highest BCUT2D eigenvalue weighted by molar-refractivity contribution is 8.00. The van der Waals surface area contributed by atoms with Crippen LogP contribution in [0.2, 0.25) is 0 Å². The van der Waals surface area contributed by atoms with Gasteiger partial charge < -0.3 is 15.2 Å². The zero-order chi connectivity index (χ0) is 16.7. The average Bonchev–Trinajstić information content (AvgIpc) is 3.05. The first-order chi connectivity index (χ1) is 11.0. The van der Waals surface area contributed by atoms with Crippen LogP contribution >= 0.6 is 11.8 Å². The normalized spacial score (nSPS) is 17.7. The highest BCUT2D eigenvalue weighted by Crippen LogP contribution is 2.29. The summed E-state index contributed by atoms with van der Waals surface area (Å²) in [4.78, 5) is 11.9. The van der Waals surface area contributed by atoms with Crippen LogP contribution < -0.4 is 10.1 Å². The van der Waals surface area contributed by atoms with Crippen molar-refractivity contribution in [1.29, 1.82) is 0 Å². The SMILES string of the molecule is COc1ccc(C[C@@](C)(O)CNC(=O)CSC2CCCC2)cc1. The minimum Gasteiger partial charge on any atom is -0.497 e. The zero-order valence-corrected chi connectivity index (χ0v) is 14.8. The van der Waals surface area contributed by atoms with E-state index in [-0.39, 0.29) is 12.5 Å². The molecule has 2 N–H and O–H groups in total. The number of carbonyl (C=O) groups excluding carboxylic acids is 1. The first-order valence-electron chi connectivity index (χ1n) is 8.22. The van der Waals surface area contributed by atoms with Crippen LogP contribution in [0.15, 0.2) is 24.3 Å². The number of carbonyl (C=O) groups is 1. The van der Waals surface area contributed by atoms with Crippen LogP contribution in [0.3, 0.4) is 0 Å². The van der Waals surface area contributed by atoms with Crippen molar-refractivity contribution in [2.45, 2.75) is 49.9 Å². The molecule has 1 saturated carbocycles. The van der Waals surface area contributed by atoms with E-state index in [9.17, 15) is 9.90 Å². The lowest BCUT2D eigenvalue weighted by molar-refractivity contribution is -0.119. The van der Waals surface area contributed by atoms with Crippen LogP contribution in [-0.2, 0) is 11.2 Å². The van der Waals surface area contributed by atoms with Crippen molar-refractivity contribution in [2.75, 3.05) is 19.4 Å². The second-order valence-corrected chi connectivity index (χ2v) is 7.80. The molecule has 1 atom stereocenters. The molecule has 4 nitrogen and oxygen atoms in total. The van der Waals surface area contributed by atoms with Crippen molar-refractivity contribution in [3.8, 4) is 5.75 Å². The number of thioether (sulfide) groups is 1. The molecule has 1 fully saturated rings. The van der Waals surface area contributed by atoms with Crippen LogP contribution in [0.5, 0.6) is 5.75 Å². The maximum atomic E-state index is 11.9. The molecule has 0 bridgehead atoms. The van der Waals surface area contributed by atoms with E-state index >= 15 is 0 Å². The standard InChI is InChI=1S/C18H27NO3S/c1-18(21,11-14-7-9-15(22-2)10-8-14)13-19-17(20)12-23-16-5-3-4-6-16/h7-10,16,21H,3-6,11-13H2,1-2H3,(H,19,20)/t18-/m1/s1. The average molecular weight is 337 g/mol. The Morgan fingerprint density at radius 2 is 2.00 bits per heavy atom. The largest absolute Gasteiger partial charge is 0.497 e. The van der Waals surface area contributed by atoms with E-state index in [1.165, 1.54) is 25.7 Å². The van der Waals surface area contributed by atoms with Gasteiger partial charge in [0.1, 0.15) is 5.75 Å². The van der Waals surface area contributed by atoms with Gasteiger partial charge in [-0.15, -0.1) is 11.8 Å². The fourth-order valence-corrected chi connectivity index (χ4v) is 3.99. The summed E-state index contributed by atoms with van der Waals surface area (Å²) in [6.07, 6.45) is 5.53. The lowest BCUT2D eigenvalue weighted by atomic mass is 9.96. The molecule has 0 aromatic heterocycles. The third-order valence-corrected chi connectivity index (χ3v) is 5.53. The molecule has 2 rings (SSSR count). The minimum absolute atomic E-state index is 0.0110. The summed E-state index contributed by atoms with van der Waals surface area (Å²) in [6.45, 7) is 2.02. The Morgan fingerprint density at radius 1 is 1.35 bits per heavy atom. The Hall–Kier alpha value is -1.20. The van der Waals surface area contributed by atoms with Gasteiger partial charge in [-0.2, -0.15) is 0 Å². The van der Waals surface area contributed by atoms with Gasteiger partial charge in [0.2, 0.25) is 5.91 Å². The van der Waals surface area contributed by atoms with Crippen LogP contribution in [-0.4, -0.2) is 41.3 Å². The van der Waals surface area contributed by atoms with E-state index in [1.807, 2.05) is 24.3 Å². The summed E-state index contributed by atoms with van der Waals surface area (Å²) >= 11 is 1.74. The Bertz CT molecular complexity index is 495. The number of ether oxygens (including phenoxy) is 1. The molecule has 1 aliphatic carbocycles. The first-order valence-corrected chi connectivity index (χ1v) is 9.27. The molecule has 0 spiro atoms. The van der Waals surface area contributed by atoms with Gasteiger partial charge in [-0.05, 0) is 37.5 Å². The fraction of sp³-hybridized carbons (Fsp3) is 0.611. The number of hydrogen-bond donors (Lipinski definition) is 2. The molecule has 1 aliphatic rings. The molecule has 1 aromatic carbocycles. The van der Waals surface area contributed by atoms with Gasteiger partial charge in [-0.1, -0.05) is 25.0 Å². The van der Waals surface area contributed by atoms with E-state index in [4.69, 9.17) is 4.74 Å². The molecule has 0 radical (unpaired) electrons. The lowest BCUT2D eigenvalue weighted by Gasteiger charge is -2.24. The summed E-state index contributed by atoms with van der Waals surface area (Å²) in [6, 6.07) is 7.63. The van der Waals surface area contributed by atoms with Crippen LogP contribution in [0.1, 0.15) is 38.2 Å². The third-order valence-electron chi connectivity index (χ3n) is 4.16. The summed E-state index contributed by atoms with van der Waals surface area (Å²) in [7, 11) is 1.63. The van der Waals surface area contributed by atoms with Gasteiger partial charge in [0.25, 0.3) is 0 Å². The van der Waals surface area contributed by atoms with Crippen molar-refractivity contribution >= 4 is 17.7 Å². The lowest BCUT2D eigenvalue weighted by Crippen LogP contribution is -2.42. The number of methoxy groups -OCH3 is 1. The van der Waals surface area contributed by atoms with Gasteiger partial charge in [0.05, 0.1) is 18.5 Å². The number of amides is 1. The summed E-state index contributed by atoms with van der Waals surface area (Å²) in [5, 5.41) is 14.0. The van der Waals surface area contributed by atoms with Crippen molar-refractivity contribution in [2.24, 2.45) is 0 Å². The molecule has 23 heavy (non-hydrogen) atoms. The molecule has 1 aromatic rings. The predicted molar refractivity (Wildman–Crippen MR) is 95.0 cm³/mol. The van der Waals surface area contributed by atoms with E-state index in [1.54, 1.807) is 25.8 Å². The van der Waals surface area contributed by atoms with Gasteiger partial charge in [-0.3, -0.25) is 4.79 Å². The summed E-state index contributed by atoms with van der Waals surface area (Å²) in [5.41, 5.74) is 0.0628. The molecule has 0 saturated heterocycles. The predicted octanol–water partition coefficient (Wildman–Crippen LogP) is 2.78. The Kier molecular flexibility index (Phi) is 6.78. The van der Waals surface area contributed by atoms with Crippen molar-refractivity contribution < 1.29 is 14.6 Å². The highest BCUT2D eigenvalue weighted by atomic mass is 32.2. The Balaban J connectivity index is 1.72. The van der Waals surface area contributed by atoms with Crippen LogP contribution in [0.4, 0.5) is 0 Å². The number of aliphatic hydroxyl groups is 1. The quantitative estimate of drug-likeness (QED) is 0.766. The van der Waals surface area contributed by atoms with E-state index < -0.39 is 5.60 Å². The molecule has 1 amide bonds. The Morgan fingerprint density at radius 3 is 2.61 bits per heavy atom. The zero-order valence-electron chi connectivity index (χ0n) is 14.0. The second kappa shape index (κ2) is 8.60. The maximum Gasteiger partial charge on any atom is 0.230 e. The molecule has 0 aliphatic heterocycles. The number of hydrogen-bond acceptors (Lipinski definition) is 4. The minimum atomic E-state index is -0.956. The monoisotopic (exact) mass is 337 g/mol. The molecular weight excluding hydrogens is 310 g/mol. The molecule has 128 valence electrons. The van der Waals surface area contributed by atoms with E-state index in [2.05, 4.69) is 5.32 Å². The van der Waals surface area contributed by atoms with Gasteiger partial charge >= 0.3 is 0 Å². The molecule has 5 heteroatoms. The summed E-state index contributed by atoms with van der Waals surface area (Å²) in [5.74, 6) is 1.30. The molecule has 0 unspecified atom stereocenters. The first kappa shape index (κ1) is 18.1. The van der Waals surface area contributed by atoms with Crippen molar-refractivity contribution in [3.63, 3.8) is 0 Å². The second-order valence-electron chi connectivity index (χ2n) is 6.52. The van der Waals surface area contributed by atoms with Crippen LogP contribution in [0, 0.1) is 0 Å². The van der Waals surface area contributed by atoms with Gasteiger partial charge in [0.15, 0.2) is 0 Å². The third kappa shape index (κ3) is 6.43. The molecule has 0 heterocycles. The number of benzene rings is 1. The number of nitrogens with one attached hydrogen (secondary N) is 1.